The molecule has 0 radical (unpaired) electrons. The highest BCUT2D eigenvalue weighted by Crippen LogP contribution is 2.20. The van der Waals surface area contributed by atoms with Crippen molar-refractivity contribution in [3.05, 3.63) is 22.4 Å². The summed E-state index contributed by atoms with van der Waals surface area (Å²) in [6, 6.07) is 4.03. The summed E-state index contributed by atoms with van der Waals surface area (Å²) in [4.78, 5) is 15.3. The molecule has 1 aliphatic heterocycles. The van der Waals surface area contributed by atoms with E-state index in [0.717, 1.165) is 37.4 Å². The fourth-order valence-corrected chi connectivity index (χ4v) is 3.13. The first-order chi connectivity index (χ1) is 8.29. The molecule has 5 heteroatoms. The summed E-state index contributed by atoms with van der Waals surface area (Å²) in [6.07, 6.45) is 3.95. The van der Waals surface area contributed by atoms with Crippen LogP contribution in [-0.2, 0) is 11.2 Å². The first-order valence-electron chi connectivity index (χ1n) is 6.30. The van der Waals surface area contributed by atoms with Crippen LogP contribution in [-0.4, -0.2) is 30.4 Å². The topological polar surface area (TPSA) is 46.3 Å². The minimum Gasteiger partial charge on any atom is -0.342 e. The van der Waals surface area contributed by atoms with Gasteiger partial charge < -0.3 is 10.6 Å². The molecule has 0 bridgehead atoms. The summed E-state index contributed by atoms with van der Waals surface area (Å²) in [7, 11) is 0. The van der Waals surface area contributed by atoms with Gasteiger partial charge in [-0.2, -0.15) is 0 Å². The lowest BCUT2D eigenvalue weighted by molar-refractivity contribution is -0.132. The molecule has 0 saturated carbocycles. The van der Waals surface area contributed by atoms with Gasteiger partial charge in [0.25, 0.3) is 0 Å². The van der Waals surface area contributed by atoms with Crippen molar-refractivity contribution in [2.24, 2.45) is 11.7 Å². The normalized spacial score (nSPS) is 19.4. The van der Waals surface area contributed by atoms with Gasteiger partial charge in [-0.25, -0.2) is 0 Å². The first kappa shape index (κ1) is 15.5. The molecule has 2 heterocycles. The monoisotopic (exact) mass is 288 g/mol. The van der Waals surface area contributed by atoms with Crippen LogP contribution in [0.15, 0.2) is 17.5 Å². The minimum atomic E-state index is 0. The van der Waals surface area contributed by atoms with Crippen molar-refractivity contribution in [3.8, 4) is 0 Å². The summed E-state index contributed by atoms with van der Waals surface area (Å²) in [5.74, 6) is 0.884. The zero-order chi connectivity index (χ0) is 12.1. The van der Waals surface area contributed by atoms with Gasteiger partial charge in [0.2, 0.25) is 5.91 Å². The number of nitrogens with two attached hydrogens (primary N) is 1. The Morgan fingerprint density at radius 3 is 3.06 bits per heavy atom. The van der Waals surface area contributed by atoms with Crippen LogP contribution in [0.4, 0.5) is 0 Å². The molecule has 2 N–H and O–H groups in total. The maximum absolute atomic E-state index is 12.1. The number of thiophene rings is 1. The molecule has 1 aliphatic rings. The lowest BCUT2D eigenvalue weighted by Crippen LogP contribution is -2.41. The molecule has 1 aromatic rings. The van der Waals surface area contributed by atoms with Crippen LogP contribution < -0.4 is 5.73 Å². The molecule has 18 heavy (non-hydrogen) atoms. The van der Waals surface area contributed by atoms with E-state index >= 15 is 0 Å². The smallest absolute Gasteiger partial charge is 0.227 e. The average molecular weight is 289 g/mol. The summed E-state index contributed by atoms with van der Waals surface area (Å²) >= 11 is 1.66. The number of piperidine rings is 1. The minimum absolute atomic E-state index is 0. The zero-order valence-corrected chi connectivity index (χ0v) is 12.1. The lowest BCUT2D eigenvalue weighted by atomic mass is 9.94. The molecule has 1 atom stereocenters. The lowest BCUT2D eigenvalue weighted by Gasteiger charge is -2.32. The largest absolute Gasteiger partial charge is 0.342 e. The quantitative estimate of drug-likeness (QED) is 0.924. The molecular weight excluding hydrogens is 268 g/mol. The van der Waals surface area contributed by atoms with E-state index in [9.17, 15) is 4.79 Å². The van der Waals surface area contributed by atoms with Gasteiger partial charge in [0.1, 0.15) is 0 Å². The van der Waals surface area contributed by atoms with Gasteiger partial charge in [0, 0.05) is 18.0 Å². The number of rotatable bonds is 4. The molecule has 0 spiro atoms. The molecular formula is C13H21ClN2OS. The summed E-state index contributed by atoms with van der Waals surface area (Å²) < 4.78 is 0. The molecule has 102 valence electrons. The highest BCUT2D eigenvalue weighted by atomic mass is 35.5. The second-order valence-corrected chi connectivity index (χ2v) is 5.71. The Bertz CT molecular complexity index is 354. The van der Waals surface area contributed by atoms with Crippen molar-refractivity contribution in [1.82, 2.24) is 4.90 Å². The van der Waals surface area contributed by atoms with Crippen LogP contribution in [0.1, 0.15) is 24.1 Å². The third-order valence-electron chi connectivity index (χ3n) is 3.35. The van der Waals surface area contributed by atoms with E-state index in [2.05, 4.69) is 0 Å². The van der Waals surface area contributed by atoms with Crippen molar-refractivity contribution in [1.29, 1.82) is 0 Å². The van der Waals surface area contributed by atoms with E-state index < -0.39 is 0 Å². The first-order valence-corrected chi connectivity index (χ1v) is 7.18. The molecule has 0 aromatic carbocycles. The van der Waals surface area contributed by atoms with E-state index in [1.807, 2.05) is 22.4 Å². The number of carbonyl (C=O) groups excluding carboxylic acids is 1. The fourth-order valence-electron chi connectivity index (χ4n) is 2.44. The van der Waals surface area contributed by atoms with Gasteiger partial charge in [-0.05, 0) is 43.2 Å². The third-order valence-corrected chi connectivity index (χ3v) is 4.23. The number of halogens is 1. The van der Waals surface area contributed by atoms with E-state index in [1.54, 1.807) is 11.3 Å². The molecule has 1 unspecified atom stereocenters. The van der Waals surface area contributed by atoms with Gasteiger partial charge in [-0.3, -0.25) is 4.79 Å². The molecule has 0 aliphatic carbocycles. The highest BCUT2D eigenvalue weighted by Gasteiger charge is 2.23. The SMILES string of the molecule is Cl.NCCC1CCCN(C(=O)Cc2cccs2)C1. The van der Waals surface area contributed by atoms with E-state index in [4.69, 9.17) is 5.73 Å². The second kappa shape index (κ2) is 7.77. The Morgan fingerprint density at radius 1 is 1.56 bits per heavy atom. The van der Waals surface area contributed by atoms with Gasteiger partial charge in [0.15, 0.2) is 0 Å². The number of hydrogen-bond acceptors (Lipinski definition) is 3. The predicted molar refractivity (Wildman–Crippen MR) is 78.2 cm³/mol. The van der Waals surface area contributed by atoms with Crippen molar-refractivity contribution < 1.29 is 4.79 Å². The number of nitrogens with zero attached hydrogens (tertiary/aromatic N) is 1. The van der Waals surface area contributed by atoms with Gasteiger partial charge >= 0.3 is 0 Å². The van der Waals surface area contributed by atoms with Crippen LogP contribution in [0.25, 0.3) is 0 Å². The van der Waals surface area contributed by atoms with Gasteiger partial charge in [0.05, 0.1) is 6.42 Å². The van der Waals surface area contributed by atoms with E-state index in [0.29, 0.717) is 12.3 Å². The van der Waals surface area contributed by atoms with Crippen LogP contribution in [0.5, 0.6) is 0 Å². The number of carbonyl (C=O) groups is 1. The highest BCUT2D eigenvalue weighted by molar-refractivity contribution is 7.10. The Balaban J connectivity index is 0.00000162. The van der Waals surface area contributed by atoms with Crippen molar-refractivity contribution in [3.63, 3.8) is 0 Å². The zero-order valence-electron chi connectivity index (χ0n) is 10.5. The molecule has 1 amide bonds. The Kier molecular flexibility index (Phi) is 6.68. The van der Waals surface area contributed by atoms with Crippen molar-refractivity contribution in [2.45, 2.75) is 25.7 Å². The number of amides is 1. The van der Waals surface area contributed by atoms with Crippen molar-refractivity contribution in [2.75, 3.05) is 19.6 Å². The Morgan fingerprint density at radius 2 is 2.39 bits per heavy atom. The summed E-state index contributed by atoms with van der Waals surface area (Å²) in [5, 5.41) is 2.02. The predicted octanol–water partition coefficient (Wildman–Crippen LogP) is 2.30. The van der Waals surface area contributed by atoms with Crippen LogP contribution in [0, 0.1) is 5.92 Å². The van der Waals surface area contributed by atoms with Crippen LogP contribution in [0.3, 0.4) is 0 Å². The number of hydrogen-bond donors (Lipinski definition) is 1. The average Bonchev–Trinajstić information content (AvgIpc) is 2.83. The third kappa shape index (κ3) is 4.26. The Hall–Kier alpha value is -0.580. The second-order valence-electron chi connectivity index (χ2n) is 4.68. The fraction of sp³-hybridized carbons (Fsp3) is 0.615. The van der Waals surface area contributed by atoms with Gasteiger partial charge in [-0.1, -0.05) is 6.07 Å². The summed E-state index contributed by atoms with van der Waals surface area (Å²) in [6.45, 7) is 2.56. The van der Waals surface area contributed by atoms with E-state index in [1.165, 1.54) is 6.42 Å². The summed E-state index contributed by atoms with van der Waals surface area (Å²) in [5.41, 5.74) is 5.59. The molecule has 1 aromatic heterocycles. The number of likely N-dealkylation sites (tertiary alicyclic amines) is 1. The molecule has 2 rings (SSSR count). The Labute approximate surface area is 119 Å². The van der Waals surface area contributed by atoms with Crippen LogP contribution in [0.2, 0.25) is 0 Å². The molecule has 1 saturated heterocycles. The maximum atomic E-state index is 12.1. The molecule has 3 nitrogen and oxygen atoms in total. The van der Waals surface area contributed by atoms with E-state index in [-0.39, 0.29) is 18.3 Å². The maximum Gasteiger partial charge on any atom is 0.227 e. The van der Waals surface area contributed by atoms with Crippen molar-refractivity contribution >= 4 is 29.7 Å². The van der Waals surface area contributed by atoms with Crippen LogP contribution >= 0.6 is 23.7 Å². The van der Waals surface area contributed by atoms with Gasteiger partial charge in [-0.15, -0.1) is 23.7 Å². The molecule has 1 fully saturated rings. The standard InChI is InChI=1S/C13H20N2OS.ClH/c14-6-5-11-3-1-7-15(10-11)13(16)9-12-4-2-8-17-12;/h2,4,8,11H,1,3,5-7,9-10,14H2;1H.